The van der Waals surface area contributed by atoms with Crippen molar-refractivity contribution >= 4 is 26.5 Å². The summed E-state index contributed by atoms with van der Waals surface area (Å²) in [5, 5.41) is 0. The Kier molecular flexibility index (Phi) is 5.51. The Morgan fingerprint density at radius 1 is 1.32 bits per heavy atom. The van der Waals surface area contributed by atoms with E-state index < -0.39 is 20.8 Å². The van der Waals surface area contributed by atoms with Gasteiger partial charge in [0.1, 0.15) is 4.90 Å². The van der Waals surface area contributed by atoms with E-state index in [-0.39, 0.29) is 17.1 Å². The normalized spacial score (nSPS) is 13.4. The van der Waals surface area contributed by atoms with Crippen molar-refractivity contribution in [2.24, 2.45) is 0 Å². The molecule has 0 saturated heterocycles. The molecule has 108 valence electrons. The topological polar surface area (TPSA) is 89.3 Å². The highest BCUT2D eigenvalue weighted by atomic mass is 32.2. The van der Waals surface area contributed by atoms with Gasteiger partial charge in [0.15, 0.2) is 0 Å². The molecule has 0 aliphatic carbocycles. The first-order valence-corrected chi connectivity index (χ1v) is 8.97. The second kappa shape index (κ2) is 6.49. The lowest BCUT2D eigenvalue weighted by atomic mass is 10.1. The fourth-order valence-electron chi connectivity index (χ4n) is 1.67. The van der Waals surface area contributed by atoms with Crippen molar-refractivity contribution in [2.45, 2.75) is 25.7 Å². The molecular weight excluding hydrogens is 284 g/mol. The van der Waals surface area contributed by atoms with Gasteiger partial charge in [-0.25, -0.2) is 13.1 Å². The van der Waals surface area contributed by atoms with E-state index in [1.54, 1.807) is 26.0 Å². The number of nitrogen functional groups attached to an aromatic ring is 1. The first kappa shape index (κ1) is 16.1. The number of benzene rings is 1. The summed E-state index contributed by atoms with van der Waals surface area (Å²) in [6, 6.07) is 3.37. The van der Waals surface area contributed by atoms with E-state index >= 15 is 0 Å². The van der Waals surface area contributed by atoms with Gasteiger partial charge in [0.25, 0.3) is 0 Å². The van der Waals surface area contributed by atoms with Crippen LogP contribution in [0.2, 0.25) is 0 Å². The molecule has 0 heterocycles. The molecule has 0 bridgehead atoms. The molecule has 7 heteroatoms. The summed E-state index contributed by atoms with van der Waals surface area (Å²) < 4.78 is 38.1. The van der Waals surface area contributed by atoms with E-state index in [0.29, 0.717) is 17.1 Å². The Bertz CT molecular complexity index is 583. The minimum absolute atomic E-state index is 0.120. The quantitative estimate of drug-likeness (QED) is 0.765. The lowest BCUT2D eigenvalue weighted by Gasteiger charge is -2.13. The standard InChI is InChI=1S/C12H20N2O3S2/c1-4-18(15)8-7-14-19(16,17)12-10(3)9(2)5-6-11(12)13/h5-6,14H,4,7-8,13H2,1-3H3. The SMILES string of the molecule is CCS(=O)CCNS(=O)(=O)c1c(N)ccc(C)c1C. The highest BCUT2D eigenvalue weighted by Crippen LogP contribution is 2.24. The highest BCUT2D eigenvalue weighted by molar-refractivity contribution is 7.89. The molecule has 0 radical (unpaired) electrons. The van der Waals surface area contributed by atoms with Gasteiger partial charge in [-0.3, -0.25) is 4.21 Å². The predicted octanol–water partition coefficient (Wildman–Crippen LogP) is 0.933. The van der Waals surface area contributed by atoms with Gasteiger partial charge in [0.2, 0.25) is 10.0 Å². The van der Waals surface area contributed by atoms with Crippen LogP contribution in [0.5, 0.6) is 0 Å². The van der Waals surface area contributed by atoms with Crippen LogP contribution in [0.3, 0.4) is 0 Å². The third-order valence-corrected chi connectivity index (χ3v) is 5.89. The van der Waals surface area contributed by atoms with Gasteiger partial charge in [0.05, 0.1) is 5.69 Å². The summed E-state index contributed by atoms with van der Waals surface area (Å²) in [4.78, 5) is 0.120. The third kappa shape index (κ3) is 4.02. The summed E-state index contributed by atoms with van der Waals surface area (Å²) >= 11 is 0. The van der Waals surface area contributed by atoms with Crippen LogP contribution in [0.1, 0.15) is 18.1 Å². The largest absolute Gasteiger partial charge is 0.398 e. The molecule has 0 aliphatic rings. The number of aryl methyl sites for hydroxylation is 1. The minimum atomic E-state index is -3.66. The second-order valence-electron chi connectivity index (χ2n) is 4.26. The predicted molar refractivity (Wildman–Crippen MR) is 79.1 cm³/mol. The Balaban J connectivity index is 2.95. The number of nitrogens with two attached hydrogens (primary N) is 1. The highest BCUT2D eigenvalue weighted by Gasteiger charge is 2.20. The van der Waals surface area contributed by atoms with E-state index in [9.17, 15) is 12.6 Å². The average molecular weight is 304 g/mol. The molecule has 1 unspecified atom stereocenters. The first-order chi connectivity index (χ1) is 8.79. The van der Waals surface area contributed by atoms with Gasteiger partial charge in [-0.2, -0.15) is 0 Å². The summed E-state index contributed by atoms with van der Waals surface area (Å²) in [5.41, 5.74) is 7.49. The maximum absolute atomic E-state index is 12.2. The van der Waals surface area contributed by atoms with Crippen molar-refractivity contribution in [2.75, 3.05) is 23.8 Å². The van der Waals surface area contributed by atoms with E-state index in [0.717, 1.165) is 5.56 Å². The molecule has 0 fully saturated rings. The van der Waals surface area contributed by atoms with E-state index in [1.807, 2.05) is 6.92 Å². The second-order valence-corrected chi connectivity index (χ2v) is 7.83. The molecule has 5 nitrogen and oxygen atoms in total. The van der Waals surface area contributed by atoms with Gasteiger partial charge in [0, 0.05) is 28.9 Å². The van der Waals surface area contributed by atoms with Gasteiger partial charge in [-0.1, -0.05) is 13.0 Å². The Hall–Kier alpha value is -0.920. The molecular formula is C12H20N2O3S2. The van der Waals surface area contributed by atoms with Gasteiger partial charge in [-0.15, -0.1) is 0 Å². The van der Waals surface area contributed by atoms with E-state index in [1.165, 1.54) is 0 Å². The van der Waals surface area contributed by atoms with Crippen LogP contribution >= 0.6 is 0 Å². The maximum atomic E-state index is 12.2. The maximum Gasteiger partial charge on any atom is 0.242 e. The fraction of sp³-hybridized carbons (Fsp3) is 0.500. The van der Waals surface area contributed by atoms with Crippen LogP contribution in [-0.2, 0) is 20.8 Å². The third-order valence-electron chi connectivity index (χ3n) is 2.92. The smallest absolute Gasteiger partial charge is 0.242 e. The summed E-state index contributed by atoms with van der Waals surface area (Å²) in [7, 11) is -4.65. The number of nitrogens with one attached hydrogen (secondary N) is 1. The van der Waals surface area contributed by atoms with Crippen molar-refractivity contribution in [3.05, 3.63) is 23.3 Å². The molecule has 0 aromatic heterocycles. The van der Waals surface area contributed by atoms with E-state index in [4.69, 9.17) is 5.73 Å². The minimum Gasteiger partial charge on any atom is -0.398 e. The molecule has 1 atom stereocenters. The molecule has 0 aliphatic heterocycles. The molecule has 3 N–H and O–H groups in total. The monoisotopic (exact) mass is 304 g/mol. The van der Waals surface area contributed by atoms with Gasteiger partial charge in [-0.05, 0) is 31.0 Å². The summed E-state index contributed by atoms with van der Waals surface area (Å²) in [5.74, 6) is 0.827. The summed E-state index contributed by atoms with van der Waals surface area (Å²) in [6.07, 6.45) is 0. The molecule has 1 rings (SSSR count). The number of sulfonamides is 1. The lowest BCUT2D eigenvalue weighted by molar-refractivity contribution is 0.583. The van der Waals surface area contributed by atoms with Gasteiger partial charge < -0.3 is 5.73 Å². The van der Waals surface area contributed by atoms with Crippen molar-refractivity contribution in [1.82, 2.24) is 4.72 Å². The molecule has 0 amide bonds. The molecule has 0 saturated carbocycles. The summed E-state index contributed by atoms with van der Waals surface area (Å²) in [6.45, 7) is 5.51. The van der Waals surface area contributed by atoms with Crippen LogP contribution in [0.15, 0.2) is 17.0 Å². The van der Waals surface area contributed by atoms with Crippen LogP contribution in [0.25, 0.3) is 0 Å². The lowest BCUT2D eigenvalue weighted by Crippen LogP contribution is -2.29. The first-order valence-electron chi connectivity index (χ1n) is 6.00. The Morgan fingerprint density at radius 3 is 2.53 bits per heavy atom. The van der Waals surface area contributed by atoms with Crippen molar-refractivity contribution in [3.8, 4) is 0 Å². The van der Waals surface area contributed by atoms with Crippen molar-refractivity contribution in [1.29, 1.82) is 0 Å². The number of anilines is 1. The number of hydrogen-bond acceptors (Lipinski definition) is 4. The van der Waals surface area contributed by atoms with Crippen LogP contribution in [-0.4, -0.2) is 30.7 Å². The zero-order chi connectivity index (χ0) is 14.6. The van der Waals surface area contributed by atoms with Crippen LogP contribution in [0.4, 0.5) is 5.69 Å². The molecule has 0 spiro atoms. The Labute approximate surface area is 117 Å². The van der Waals surface area contributed by atoms with E-state index in [2.05, 4.69) is 4.72 Å². The fourth-order valence-corrected chi connectivity index (χ4v) is 3.88. The molecule has 1 aromatic carbocycles. The molecule has 1 aromatic rings. The number of rotatable bonds is 6. The van der Waals surface area contributed by atoms with Gasteiger partial charge >= 0.3 is 0 Å². The Morgan fingerprint density at radius 2 is 1.95 bits per heavy atom. The van der Waals surface area contributed by atoms with Crippen LogP contribution in [0, 0.1) is 13.8 Å². The zero-order valence-electron chi connectivity index (χ0n) is 11.4. The average Bonchev–Trinajstić information content (AvgIpc) is 2.33. The molecule has 19 heavy (non-hydrogen) atoms. The van der Waals surface area contributed by atoms with Crippen molar-refractivity contribution < 1.29 is 12.6 Å². The number of hydrogen-bond donors (Lipinski definition) is 2. The zero-order valence-corrected chi connectivity index (χ0v) is 13.0. The van der Waals surface area contributed by atoms with Crippen molar-refractivity contribution in [3.63, 3.8) is 0 Å². The van der Waals surface area contributed by atoms with Crippen LogP contribution < -0.4 is 10.5 Å².